The van der Waals surface area contributed by atoms with Crippen LogP contribution in [0, 0.1) is 0 Å². The highest BCUT2D eigenvalue weighted by Crippen LogP contribution is 2.30. The molecule has 4 rings (SSSR count). The topological polar surface area (TPSA) is 15.3 Å². The summed E-state index contributed by atoms with van der Waals surface area (Å²) in [7, 11) is 0. The van der Waals surface area contributed by atoms with Crippen LogP contribution < -0.4 is 5.32 Å². The number of hydrogen-bond acceptors (Lipinski definition) is 2. The van der Waals surface area contributed by atoms with Gasteiger partial charge in [-0.05, 0) is 81.3 Å². The Morgan fingerprint density at radius 3 is 2.52 bits per heavy atom. The third kappa shape index (κ3) is 3.35. The van der Waals surface area contributed by atoms with Crippen LogP contribution in [0.4, 0.5) is 0 Å². The number of benzene rings is 1. The largest absolute Gasteiger partial charge is 0.311 e. The van der Waals surface area contributed by atoms with Gasteiger partial charge in [0, 0.05) is 22.6 Å². The van der Waals surface area contributed by atoms with E-state index in [1.165, 1.54) is 62.5 Å². The van der Waals surface area contributed by atoms with E-state index in [9.17, 15) is 0 Å². The molecule has 3 heteroatoms. The smallest absolute Gasteiger partial charge is 0.0178 e. The summed E-state index contributed by atoms with van der Waals surface area (Å²) < 4.78 is 1.22. The lowest BCUT2D eigenvalue weighted by atomic mass is 9.87. The van der Waals surface area contributed by atoms with Crippen LogP contribution in [0.15, 0.2) is 22.7 Å². The molecule has 1 aromatic carbocycles. The number of likely N-dealkylation sites (tertiary alicyclic amines) is 1. The maximum absolute atomic E-state index is 3.95. The predicted molar refractivity (Wildman–Crippen MR) is 90.7 cm³/mol. The number of fused-ring (bicyclic) bond motifs is 1. The van der Waals surface area contributed by atoms with E-state index in [2.05, 4.69) is 44.3 Å². The van der Waals surface area contributed by atoms with Crippen LogP contribution in [0.1, 0.15) is 43.2 Å². The fourth-order valence-corrected chi connectivity index (χ4v) is 4.48. The van der Waals surface area contributed by atoms with Gasteiger partial charge in [0.05, 0.1) is 0 Å². The molecule has 1 aromatic rings. The van der Waals surface area contributed by atoms with Gasteiger partial charge in [-0.25, -0.2) is 0 Å². The molecule has 1 heterocycles. The second-order valence-corrected chi connectivity index (χ2v) is 7.98. The third-order valence-electron chi connectivity index (χ3n) is 5.46. The first kappa shape index (κ1) is 14.2. The molecule has 1 saturated heterocycles. The van der Waals surface area contributed by atoms with Crippen molar-refractivity contribution < 1.29 is 0 Å². The van der Waals surface area contributed by atoms with Crippen molar-refractivity contribution in [3.05, 3.63) is 33.8 Å². The maximum atomic E-state index is 3.95. The second-order valence-electron chi connectivity index (χ2n) is 7.06. The molecule has 3 aliphatic rings. The van der Waals surface area contributed by atoms with Crippen molar-refractivity contribution in [3.63, 3.8) is 0 Å². The molecule has 114 valence electrons. The van der Waals surface area contributed by atoms with Crippen LogP contribution in [0.2, 0.25) is 0 Å². The standard InChI is InChI=1S/C18H25BrN2/c19-15-3-1-14-12-17(4-2-13(14)11-15)20-16-7-9-21(10-8-16)18-5-6-18/h1,3,11,16-18,20H,2,4-10,12H2. The van der Waals surface area contributed by atoms with Gasteiger partial charge >= 0.3 is 0 Å². The van der Waals surface area contributed by atoms with E-state index in [1.807, 2.05) is 0 Å². The van der Waals surface area contributed by atoms with Crippen LogP contribution in [0.5, 0.6) is 0 Å². The molecule has 2 fully saturated rings. The lowest BCUT2D eigenvalue weighted by molar-refractivity contribution is 0.181. The minimum atomic E-state index is 0.691. The zero-order valence-corrected chi connectivity index (χ0v) is 14.2. The summed E-state index contributed by atoms with van der Waals surface area (Å²) in [6.07, 6.45) is 9.34. The molecule has 2 nitrogen and oxygen atoms in total. The van der Waals surface area contributed by atoms with Crippen LogP contribution >= 0.6 is 15.9 Å². The molecule has 2 aliphatic carbocycles. The minimum Gasteiger partial charge on any atom is -0.311 e. The van der Waals surface area contributed by atoms with Gasteiger partial charge < -0.3 is 10.2 Å². The molecule has 0 radical (unpaired) electrons. The first-order chi connectivity index (χ1) is 10.3. The van der Waals surface area contributed by atoms with Gasteiger partial charge in [-0.15, -0.1) is 0 Å². The third-order valence-corrected chi connectivity index (χ3v) is 5.95. The Labute approximate surface area is 136 Å². The van der Waals surface area contributed by atoms with Crippen molar-refractivity contribution in [1.82, 2.24) is 10.2 Å². The Hall–Kier alpha value is -0.380. The molecule has 1 aliphatic heterocycles. The number of nitrogens with zero attached hydrogens (tertiary/aromatic N) is 1. The Morgan fingerprint density at radius 2 is 1.76 bits per heavy atom. The molecular weight excluding hydrogens is 324 g/mol. The Kier molecular flexibility index (Phi) is 4.08. The maximum Gasteiger partial charge on any atom is 0.0178 e. The van der Waals surface area contributed by atoms with Gasteiger partial charge in [-0.3, -0.25) is 0 Å². The van der Waals surface area contributed by atoms with E-state index < -0.39 is 0 Å². The Bertz CT molecular complexity index is 504. The Balaban J connectivity index is 1.31. The fourth-order valence-electron chi connectivity index (χ4n) is 4.07. The van der Waals surface area contributed by atoms with Gasteiger partial charge in [0.2, 0.25) is 0 Å². The summed E-state index contributed by atoms with van der Waals surface area (Å²) >= 11 is 3.59. The number of rotatable bonds is 3. The van der Waals surface area contributed by atoms with Crippen LogP contribution in [0.3, 0.4) is 0 Å². The quantitative estimate of drug-likeness (QED) is 0.898. The summed E-state index contributed by atoms with van der Waals surface area (Å²) in [6, 6.07) is 9.20. The molecule has 0 aromatic heterocycles. The molecule has 1 N–H and O–H groups in total. The zero-order chi connectivity index (χ0) is 14.2. The average Bonchev–Trinajstić information content (AvgIpc) is 3.33. The van der Waals surface area contributed by atoms with Gasteiger partial charge in [0.15, 0.2) is 0 Å². The van der Waals surface area contributed by atoms with E-state index in [-0.39, 0.29) is 0 Å². The molecule has 0 spiro atoms. The highest BCUT2D eigenvalue weighted by atomic mass is 79.9. The van der Waals surface area contributed by atoms with Gasteiger partial charge in [-0.1, -0.05) is 22.0 Å². The number of hydrogen-bond donors (Lipinski definition) is 1. The van der Waals surface area contributed by atoms with Crippen molar-refractivity contribution >= 4 is 15.9 Å². The molecule has 1 unspecified atom stereocenters. The van der Waals surface area contributed by atoms with Crippen LogP contribution in [-0.2, 0) is 12.8 Å². The molecule has 0 bridgehead atoms. The molecular formula is C18H25BrN2. The highest BCUT2D eigenvalue weighted by molar-refractivity contribution is 9.10. The van der Waals surface area contributed by atoms with Crippen molar-refractivity contribution in [2.24, 2.45) is 0 Å². The second kappa shape index (κ2) is 6.02. The lowest BCUT2D eigenvalue weighted by Crippen LogP contribution is -2.48. The van der Waals surface area contributed by atoms with Crippen LogP contribution in [0.25, 0.3) is 0 Å². The van der Waals surface area contributed by atoms with Crippen molar-refractivity contribution in [1.29, 1.82) is 0 Å². The van der Waals surface area contributed by atoms with E-state index >= 15 is 0 Å². The lowest BCUT2D eigenvalue weighted by Gasteiger charge is -2.36. The fraction of sp³-hybridized carbons (Fsp3) is 0.667. The van der Waals surface area contributed by atoms with E-state index in [0.717, 1.165) is 12.1 Å². The Morgan fingerprint density at radius 1 is 0.952 bits per heavy atom. The van der Waals surface area contributed by atoms with E-state index in [1.54, 1.807) is 11.1 Å². The molecule has 0 amide bonds. The van der Waals surface area contributed by atoms with Crippen LogP contribution in [-0.4, -0.2) is 36.1 Å². The van der Waals surface area contributed by atoms with Crippen molar-refractivity contribution in [2.75, 3.05) is 13.1 Å². The summed E-state index contributed by atoms with van der Waals surface area (Å²) in [5.74, 6) is 0. The number of halogens is 1. The number of nitrogens with one attached hydrogen (secondary N) is 1. The van der Waals surface area contributed by atoms with E-state index in [0.29, 0.717) is 6.04 Å². The van der Waals surface area contributed by atoms with Gasteiger partial charge in [-0.2, -0.15) is 0 Å². The van der Waals surface area contributed by atoms with Gasteiger partial charge in [0.25, 0.3) is 0 Å². The van der Waals surface area contributed by atoms with Crippen molar-refractivity contribution in [3.8, 4) is 0 Å². The first-order valence-corrected chi connectivity index (χ1v) is 9.34. The molecule has 1 atom stereocenters. The average molecular weight is 349 g/mol. The predicted octanol–water partition coefficient (Wildman–Crippen LogP) is 3.52. The summed E-state index contributed by atoms with van der Waals surface area (Å²) in [6.45, 7) is 2.64. The molecule has 1 saturated carbocycles. The highest BCUT2D eigenvalue weighted by Gasteiger charge is 2.32. The summed E-state index contributed by atoms with van der Waals surface area (Å²) in [5, 5.41) is 3.95. The number of aryl methyl sites for hydroxylation is 1. The monoisotopic (exact) mass is 348 g/mol. The first-order valence-electron chi connectivity index (χ1n) is 8.55. The summed E-state index contributed by atoms with van der Waals surface area (Å²) in [5.41, 5.74) is 3.10. The minimum absolute atomic E-state index is 0.691. The molecule has 21 heavy (non-hydrogen) atoms. The van der Waals surface area contributed by atoms with Crippen molar-refractivity contribution in [2.45, 2.75) is 63.1 Å². The van der Waals surface area contributed by atoms with Gasteiger partial charge in [0.1, 0.15) is 0 Å². The zero-order valence-electron chi connectivity index (χ0n) is 12.7. The van der Waals surface area contributed by atoms with E-state index in [4.69, 9.17) is 0 Å². The summed E-state index contributed by atoms with van der Waals surface area (Å²) in [4.78, 5) is 2.71. The number of piperidine rings is 1. The SMILES string of the molecule is Brc1ccc2c(c1)CCC(NC1CCN(C3CC3)CC1)C2. The normalized spacial score (nSPS) is 27.6.